The second-order valence-electron chi connectivity index (χ2n) is 6.30. The third kappa shape index (κ3) is 3.85. The van der Waals surface area contributed by atoms with Gasteiger partial charge in [-0.25, -0.2) is 5.01 Å². The first-order valence-electron chi connectivity index (χ1n) is 8.78. The van der Waals surface area contributed by atoms with Crippen molar-refractivity contribution in [2.24, 2.45) is 0 Å². The summed E-state index contributed by atoms with van der Waals surface area (Å²) in [5.74, 6) is -0.954. The third-order valence-electron chi connectivity index (χ3n) is 4.30. The first-order valence-corrected chi connectivity index (χ1v) is 8.78. The van der Waals surface area contributed by atoms with E-state index in [1.165, 1.54) is 18.2 Å². The first kappa shape index (κ1) is 19.1. The number of carbonyl (C=O) groups is 2. The van der Waals surface area contributed by atoms with Crippen LogP contribution in [0.1, 0.15) is 25.8 Å². The molecule has 1 heterocycles. The van der Waals surface area contributed by atoms with E-state index in [0.29, 0.717) is 17.7 Å². The molecule has 0 bridgehead atoms. The van der Waals surface area contributed by atoms with E-state index in [2.05, 4.69) is 5.43 Å². The van der Waals surface area contributed by atoms with Crippen LogP contribution in [-0.4, -0.2) is 22.8 Å². The van der Waals surface area contributed by atoms with E-state index in [1.807, 2.05) is 13.8 Å². The number of rotatable bonds is 6. The largest absolute Gasteiger partial charge is 0.484 e. The number of nitro benzene ring substituents is 1. The van der Waals surface area contributed by atoms with Crippen LogP contribution in [0, 0.1) is 10.1 Å². The zero-order valence-electron chi connectivity index (χ0n) is 15.4. The number of carbonyl (C=O) groups excluding carboxylic acids is 2. The Morgan fingerprint density at radius 3 is 2.57 bits per heavy atom. The van der Waals surface area contributed by atoms with E-state index in [-0.39, 0.29) is 23.1 Å². The molecule has 1 aliphatic heterocycles. The molecule has 0 saturated carbocycles. The van der Waals surface area contributed by atoms with Crippen molar-refractivity contribution in [2.75, 3.05) is 5.01 Å². The standard InChI is InChI=1S/C20H19N3O5/c1-3-13(2)28-18-10-9-14(12-17(18)23(26)27)11-16-19(24)21-22(20(16)25)15-7-5-4-6-8-15/h4-13H,3H2,1-2H3,(H,21,24). The number of nitro groups is 1. The lowest BCUT2D eigenvalue weighted by molar-refractivity contribution is -0.386. The van der Waals surface area contributed by atoms with E-state index in [9.17, 15) is 19.7 Å². The summed E-state index contributed by atoms with van der Waals surface area (Å²) in [6.45, 7) is 3.73. The Bertz CT molecular complexity index is 956. The quantitative estimate of drug-likeness (QED) is 0.358. The van der Waals surface area contributed by atoms with Gasteiger partial charge < -0.3 is 4.74 Å². The monoisotopic (exact) mass is 381 g/mol. The molecule has 2 aromatic rings. The number of benzene rings is 2. The average Bonchev–Trinajstić information content (AvgIpc) is 2.97. The van der Waals surface area contributed by atoms with Crippen LogP contribution in [-0.2, 0) is 9.59 Å². The van der Waals surface area contributed by atoms with Crippen LogP contribution in [0.3, 0.4) is 0 Å². The Hall–Kier alpha value is -3.68. The highest BCUT2D eigenvalue weighted by Gasteiger charge is 2.34. The van der Waals surface area contributed by atoms with Crippen molar-refractivity contribution < 1.29 is 19.2 Å². The highest BCUT2D eigenvalue weighted by atomic mass is 16.6. The smallest absolute Gasteiger partial charge is 0.311 e. The molecule has 1 N–H and O–H groups in total. The minimum atomic E-state index is -0.573. The topological polar surface area (TPSA) is 102 Å². The number of anilines is 1. The van der Waals surface area contributed by atoms with Gasteiger partial charge in [0.25, 0.3) is 11.8 Å². The maximum atomic E-state index is 12.6. The number of nitrogens with zero attached hydrogens (tertiary/aromatic N) is 2. The minimum absolute atomic E-state index is 0.103. The molecular weight excluding hydrogens is 362 g/mol. The van der Waals surface area contributed by atoms with Gasteiger partial charge in [-0.2, -0.15) is 0 Å². The SMILES string of the molecule is CCC(C)Oc1ccc(C=C2C(=O)NN(c3ccccc3)C2=O)cc1[N+](=O)[O-]. The summed E-state index contributed by atoms with van der Waals surface area (Å²) in [6, 6.07) is 13.0. The van der Waals surface area contributed by atoms with E-state index < -0.39 is 16.7 Å². The van der Waals surface area contributed by atoms with Crippen LogP contribution in [0.25, 0.3) is 6.08 Å². The lowest BCUT2D eigenvalue weighted by Gasteiger charge is -2.14. The molecule has 2 aromatic carbocycles. The van der Waals surface area contributed by atoms with Crippen LogP contribution in [0.15, 0.2) is 54.1 Å². The van der Waals surface area contributed by atoms with Crippen LogP contribution < -0.4 is 15.2 Å². The second kappa shape index (κ2) is 7.91. The molecule has 144 valence electrons. The zero-order chi connectivity index (χ0) is 20.3. The number of ether oxygens (including phenoxy) is 1. The van der Waals surface area contributed by atoms with Gasteiger partial charge >= 0.3 is 5.69 Å². The van der Waals surface area contributed by atoms with E-state index in [0.717, 1.165) is 5.01 Å². The normalized spacial score (nSPS) is 16.2. The maximum absolute atomic E-state index is 12.6. The lowest BCUT2D eigenvalue weighted by atomic mass is 10.1. The van der Waals surface area contributed by atoms with E-state index in [1.54, 1.807) is 36.4 Å². The molecule has 1 fully saturated rings. The van der Waals surface area contributed by atoms with Crippen LogP contribution in [0.2, 0.25) is 0 Å². The van der Waals surface area contributed by atoms with Crippen molar-refractivity contribution in [1.82, 2.24) is 5.43 Å². The maximum Gasteiger partial charge on any atom is 0.311 e. The summed E-state index contributed by atoms with van der Waals surface area (Å²) < 4.78 is 5.58. The Morgan fingerprint density at radius 2 is 1.93 bits per heavy atom. The van der Waals surface area contributed by atoms with Crippen molar-refractivity contribution >= 4 is 29.3 Å². The number of hydrazine groups is 1. The van der Waals surface area contributed by atoms with Gasteiger partial charge in [0.2, 0.25) is 0 Å². The molecule has 28 heavy (non-hydrogen) atoms. The number of hydrogen-bond donors (Lipinski definition) is 1. The Balaban J connectivity index is 1.92. The summed E-state index contributed by atoms with van der Waals surface area (Å²) in [4.78, 5) is 35.7. The minimum Gasteiger partial charge on any atom is -0.484 e. The molecule has 1 saturated heterocycles. The number of amides is 2. The number of hydrogen-bond acceptors (Lipinski definition) is 5. The van der Waals surface area contributed by atoms with Crippen molar-refractivity contribution in [3.05, 3.63) is 69.8 Å². The Kier molecular flexibility index (Phi) is 5.39. The molecule has 8 heteroatoms. The summed E-state index contributed by atoms with van der Waals surface area (Å²) in [6.07, 6.45) is 1.86. The van der Waals surface area contributed by atoms with Gasteiger partial charge in [-0.1, -0.05) is 31.2 Å². The Labute approximate surface area is 161 Å². The molecule has 0 aromatic heterocycles. The molecule has 0 spiro atoms. The van der Waals surface area contributed by atoms with Gasteiger partial charge in [0.1, 0.15) is 5.57 Å². The molecule has 0 aliphatic carbocycles. The molecule has 0 radical (unpaired) electrons. The fourth-order valence-electron chi connectivity index (χ4n) is 2.65. The van der Waals surface area contributed by atoms with Crippen LogP contribution in [0.5, 0.6) is 5.75 Å². The first-order chi connectivity index (χ1) is 13.4. The van der Waals surface area contributed by atoms with Crippen LogP contribution >= 0.6 is 0 Å². The van der Waals surface area contributed by atoms with Gasteiger partial charge in [-0.05, 0) is 43.2 Å². The molecule has 8 nitrogen and oxygen atoms in total. The Morgan fingerprint density at radius 1 is 1.21 bits per heavy atom. The van der Waals surface area contributed by atoms with Crippen molar-refractivity contribution in [1.29, 1.82) is 0 Å². The summed E-state index contributed by atoms with van der Waals surface area (Å²) in [5, 5.41) is 12.5. The number of para-hydroxylation sites is 1. The molecular formula is C20H19N3O5. The third-order valence-corrected chi connectivity index (χ3v) is 4.30. The summed E-state index contributed by atoms with van der Waals surface area (Å²) >= 11 is 0. The summed E-state index contributed by atoms with van der Waals surface area (Å²) in [7, 11) is 0. The average molecular weight is 381 g/mol. The fourth-order valence-corrected chi connectivity index (χ4v) is 2.65. The second-order valence-corrected chi connectivity index (χ2v) is 6.30. The molecule has 1 aliphatic rings. The predicted molar refractivity (Wildman–Crippen MR) is 104 cm³/mol. The van der Waals surface area contributed by atoms with Crippen molar-refractivity contribution in [2.45, 2.75) is 26.4 Å². The van der Waals surface area contributed by atoms with Gasteiger partial charge in [0.15, 0.2) is 5.75 Å². The lowest BCUT2D eigenvalue weighted by Crippen LogP contribution is -2.35. The van der Waals surface area contributed by atoms with Gasteiger partial charge in [0.05, 0.1) is 16.7 Å². The van der Waals surface area contributed by atoms with Gasteiger partial charge in [-0.3, -0.25) is 25.1 Å². The highest BCUT2D eigenvalue weighted by molar-refractivity contribution is 6.31. The van der Waals surface area contributed by atoms with Crippen molar-refractivity contribution in [3.63, 3.8) is 0 Å². The highest BCUT2D eigenvalue weighted by Crippen LogP contribution is 2.30. The zero-order valence-corrected chi connectivity index (χ0v) is 15.4. The van der Waals surface area contributed by atoms with Crippen LogP contribution in [0.4, 0.5) is 11.4 Å². The molecule has 3 rings (SSSR count). The fraction of sp³-hybridized carbons (Fsp3) is 0.200. The van der Waals surface area contributed by atoms with E-state index >= 15 is 0 Å². The number of nitrogens with one attached hydrogen (secondary N) is 1. The predicted octanol–water partition coefficient (Wildman–Crippen LogP) is 3.23. The van der Waals surface area contributed by atoms with Gasteiger partial charge in [-0.15, -0.1) is 0 Å². The molecule has 2 amide bonds. The van der Waals surface area contributed by atoms with Crippen molar-refractivity contribution in [3.8, 4) is 5.75 Å². The van der Waals surface area contributed by atoms with Gasteiger partial charge in [0, 0.05) is 6.07 Å². The summed E-state index contributed by atoms with van der Waals surface area (Å²) in [5.41, 5.74) is 3.04. The molecule has 1 unspecified atom stereocenters. The van der Waals surface area contributed by atoms with E-state index in [4.69, 9.17) is 4.74 Å². The molecule has 1 atom stereocenters.